The van der Waals surface area contributed by atoms with Crippen LogP contribution in [0.3, 0.4) is 0 Å². The van der Waals surface area contributed by atoms with Crippen LogP contribution >= 0.6 is 24.2 Å². The van der Waals surface area contributed by atoms with Crippen molar-refractivity contribution in [1.82, 2.24) is 15.5 Å². The molecule has 0 aliphatic carbocycles. The van der Waals surface area contributed by atoms with E-state index in [0.717, 1.165) is 45.0 Å². The summed E-state index contributed by atoms with van der Waals surface area (Å²) in [6, 6.07) is 0. The van der Waals surface area contributed by atoms with Crippen molar-refractivity contribution in [2.75, 3.05) is 45.0 Å². The normalized spacial score (nSPS) is 17.6. The predicted octanol–water partition coefficient (Wildman–Crippen LogP) is 1.35. The zero-order valence-corrected chi connectivity index (χ0v) is 13.7. The van der Waals surface area contributed by atoms with E-state index in [1.807, 2.05) is 6.92 Å². The number of nitrogens with one attached hydrogen (secondary N) is 2. The van der Waals surface area contributed by atoms with E-state index in [4.69, 9.17) is 0 Å². The Balaban J connectivity index is 0.00000324. The van der Waals surface area contributed by atoms with Crippen LogP contribution in [0.1, 0.15) is 26.7 Å². The first kappa shape index (κ1) is 19.0. The van der Waals surface area contributed by atoms with E-state index in [0.29, 0.717) is 0 Å². The number of unbranched alkanes of at least 4 members (excludes halogenated alkanes) is 1. The lowest BCUT2D eigenvalue weighted by Gasteiger charge is -2.27. The van der Waals surface area contributed by atoms with E-state index in [2.05, 4.69) is 22.5 Å². The second-order valence-electron chi connectivity index (χ2n) is 4.75. The SMILES string of the molecule is CCCCSC(C)C(=O)NCCN1CCNCC1.Cl. The molecule has 19 heavy (non-hydrogen) atoms. The van der Waals surface area contributed by atoms with E-state index < -0.39 is 0 Å². The number of amides is 1. The Kier molecular flexibility index (Phi) is 11.8. The second kappa shape index (κ2) is 11.8. The van der Waals surface area contributed by atoms with Crippen LogP contribution in [-0.2, 0) is 4.79 Å². The summed E-state index contributed by atoms with van der Waals surface area (Å²) in [5.41, 5.74) is 0. The molecule has 6 heteroatoms. The summed E-state index contributed by atoms with van der Waals surface area (Å²) in [7, 11) is 0. The molecular formula is C13H28ClN3OS. The number of piperazine rings is 1. The van der Waals surface area contributed by atoms with Crippen LogP contribution in [0.5, 0.6) is 0 Å². The number of hydrogen-bond acceptors (Lipinski definition) is 4. The molecule has 0 aromatic heterocycles. The standard InChI is InChI=1S/C13H27N3OS.ClH/c1-3-4-11-18-12(2)13(17)15-7-10-16-8-5-14-6-9-16;/h12,14H,3-11H2,1-2H3,(H,15,17);1H. The largest absolute Gasteiger partial charge is 0.354 e. The Bertz CT molecular complexity index is 238. The fraction of sp³-hybridized carbons (Fsp3) is 0.923. The van der Waals surface area contributed by atoms with Crippen molar-refractivity contribution in [3.8, 4) is 0 Å². The maximum atomic E-state index is 11.8. The molecule has 1 rings (SSSR count). The highest BCUT2D eigenvalue weighted by Gasteiger charge is 2.13. The molecule has 1 aliphatic heterocycles. The number of halogens is 1. The van der Waals surface area contributed by atoms with Crippen LogP contribution in [-0.4, -0.2) is 61.1 Å². The molecule has 4 nitrogen and oxygen atoms in total. The molecule has 0 bridgehead atoms. The smallest absolute Gasteiger partial charge is 0.232 e. The van der Waals surface area contributed by atoms with Gasteiger partial charge in [0.1, 0.15) is 0 Å². The number of rotatable bonds is 8. The molecular weight excluding hydrogens is 282 g/mol. The fourth-order valence-corrected chi connectivity index (χ4v) is 2.94. The summed E-state index contributed by atoms with van der Waals surface area (Å²) in [5, 5.41) is 6.45. The van der Waals surface area contributed by atoms with Crippen molar-refractivity contribution in [2.24, 2.45) is 0 Å². The topological polar surface area (TPSA) is 44.4 Å². The molecule has 1 aliphatic rings. The van der Waals surface area contributed by atoms with Crippen molar-refractivity contribution in [2.45, 2.75) is 31.9 Å². The second-order valence-corrected chi connectivity index (χ2v) is 6.20. The monoisotopic (exact) mass is 309 g/mol. The van der Waals surface area contributed by atoms with Gasteiger partial charge in [0.25, 0.3) is 0 Å². The van der Waals surface area contributed by atoms with E-state index in [-0.39, 0.29) is 23.6 Å². The molecule has 1 atom stereocenters. The number of nitrogens with zero attached hydrogens (tertiary/aromatic N) is 1. The molecule has 0 radical (unpaired) electrons. The van der Waals surface area contributed by atoms with E-state index >= 15 is 0 Å². The van der Waals surface area contributed by atoms with Crippen molar-refractivity contribution < 1.29 is 4.79 Å². The average Bonchev–Trinajstić information content (AvgIpc) is 2.40. The first-order valence-corrected chi connectivity index (χ1v) is 8.11. The lowest BCUT2D eigenvalue weighted by atomic mass is 10.3. The number of carbonyl (C=O) groups excluding carboxylic acids is 1. The predicted molar refractivity (Wildman–Crippen MR) is 86.4 cm³/mol. The highest BCUT2D eigenvalue weighted by molar-refractivity contribution is 8.00. The third kappa shape index (κ3) is 8.74. The minimum atomic E-state index is 0. The first-order valence-electron chi connectivity index (χ1n) is 7.06. The van der Waals surface area contributed by atoms with Crippen molar-refractivity contribution in [3.05, 3.63) is 0 Å². The van der Waals surface area contributed by atoms with Crippen LogP contribution in [0.15, 0.2) is 0 Å². The summed E-state index contributed by atoms with van der Waals surface area (Å²) < 4.78 is 0. The molecule has 0 saturated carbocycles. The van der Waals surface area contributed by atoms with Gasteiger partial charge >= 0.3 is 0 Å². The van der Waals surface area contributed by atoms with Crippen LogP contribution in [0.4, 0.5) is 0 Å². The van der Waals surface area contributed by atoms with Gasteiger partial charge in [-0.25, -0.2) is 0 Å². The van der Waals surface area contributed by atoms with Crippen molar-refractivity contribution in [1.29, 1.82) is 0 Å². The molecule has 0 aromatic rings. The van der Waals surface area contributed by atoms with Crippen LogP contribution in [0, 0.1) is 0 Å². The molecule has 0 spiro atoms. The maximum Gasteiger partial charge on any atom is 0.232 e. The lowest BCUT2D eigenvalue weighted by molar-refractivity contribution is -0.120. The Morgan fingerprint density at radius 1 is 1.42 bits per heavy atom. The van der Waals surface area contributed by atoms with Gasteiger partial charge in [-0.2, -0.15) is 0 Å². The molecule has 1 fully saturated rings. The van der Waals surface area contributed by atoms with E-state index in [1.165, 1.54) is 12.8 Å². The van der Waals surface area contributed by atoms with Crippen LogP contribution < -0.4 is 10.6 Å². The summed E-state index contributed by atoms with van der Waals surface area (Å²) in [6.07, 6.45) is 2.40. The fourth-order valence-electron chi connectivity index (χ4n) is 1.90. The molecule has 1 unspecified atom stereocenters. The van der Waals surface area contributed by atoms with Gasteiger partial charge in [0.05, 0.1) is 5.25 Å². The zero-order valence-electron chi connectivity index (χ0n) is 12.1. The third-order valence-electron chi connectivity index (χ3n) is 3.17. The molecule has 0 aromatic carbocycles. The van der Waals surface area contributed by atoms with Gasteiger partial charge in [0.2, 0.25) is 5.91 Å². The Morgan fingerprint density at radius 2 is 2.11 bits per heavy atom. The maximum absolute atomic E-state index is 11.8. The first-order chi connectivity index (χ1) is 8.74. The number of hydrogen-bond donors (Lipinski definition) is 2. The van der Waals surface area contributed by atoms with Gasteiger partial charge in [-0.1, -0.05) is 13.3 Å². The Morgan fingerprint density at radius 3 is 2.74 bits per heavy atom. The zero-order chi connectivity index (χ0) is 13.2. The van der Waals surface area contributed by atoms with Gasteiger partial charge in [0.15, 0.2) is 0 Å². The van der Waals surface area contributed by atoms with Gasteiger partial charge < -0.3 is 10.6 Å². The minimum absolute atomic E-state index is 0. The summed E-state index contributed by atoms with van der Waals surface area (Å²) in [4.78, 5) is 14.2. The number of carbonyl (C=O) groups is 1. The highest BCUT2D eigenvalue weighted by atomic mass is 35.5. The third-order valence-corrected chi connectivity index (χ3v) is 4.41. The van der Waals surface area contributed by atoms with Gasteiger partial charge in [0, 0.05) is 39.3 Å². The van der Waals surface area contributed by atoms with Gasteiger partial charge in [-0.05, 0) is 19.1 Å². The van der Waals surface area contributed by atoms with Gasteiger partial charge in [-0.3, -0.25) is 9.69 Å². The van der Waals surface area contributed by atoms with Crippen LogP contribution in [0.25, 0.3) is 0 Å². The van der Waals surface area contributed by atoms with Crippen molar-refractivity contribution in [3.63, 3.8) is 0 Å². The molecule has 1 heterocycles. The summed E-state index contributed by atoms with van der Waals surface area (Å²) >= 11 is 1.76. The molecule has 2 N–H and O–H groups in total. The Hall–Kier alpha value is 0.0300. The Labute approximate surface area is 127 Å². The molecule has 114 valence electrons. The van der Waals surface area contributed by atoms with Crippen molar-refractivity contribution >= 4 is 30.1 Å². The summed E-state index contributed by atoms with van der Waals surface area (Å²) in [6.45, 7) is 10.2. The van der Waals surface area contributed by atoms with E-state index in [1.54, 1.807) is 11.8 Å². The number of thioether (sulfide) groups is 1. The molecule has 1 amide bonds. The minimum Gasteiger partial charge on any atom is -0.354 e. The van der Waals surface area contributed by atoms with E-state index in [9.17, 15) is 4.79 Å². The summed E-state index contributed by atoms with van der Waals surface area (Å²) in [5.74, 6) is 1.27. The highest BCUT2D eigenvalue weighted by Crippen LogP contribution is 2.12. The van der Waals surface area contributed by atoms with Gasteiger partial charge in [-0.15, -0.1) is 24.2 Å². The quantitative estimate of drug-likeness (QED) is 0.664. The average molecular weight is 310 g/mol. The lowest BCUT2D eigenvalue weighted by Crippen LogP contribution is -2.46. The van der Waals surface area contributed by atoms with Crippen LogP contribution in [0.2, 0.25) is 0 Å². The molecule has 1 saturated heterocycles.